The Bertz CT molecular complexity index is 434. The molecule has 1 aromatic carbocycles. The Morgan fingerprint density at radius 3 is 2.33 bits per heavy atom. The molecule has 1 aromatic rings. The third-order valence-corrected chi connectivity index (χ3v) is 4.48. The molecule has 0 fully saturated rings. The van der Waals surface area contributed by atoms with E-state index in [2.05, 4.69) is 91.0 Å². The Kier molecular flexibility index (Phi) is 7.71. The van der Waals surface area contributed by atoms with Crippen LogP contribution in [0.15, 0.2) is 22.7 Å². The first kappa shape index (κ1) is 18.5. The second-order valence-corrected chi connectivity index (χ2v) is 6.74. The van der Waals surface area contributed by atoms with E-state index in [1.807, 2.05) is 0 Å². The fourth-order valence-electron chi connectivity index (χ4n) is 2.84. The molecule has 120 valence electrons. The Morgan fingerprint density at radius 2 is 1.86 bits per heavy atom. The molecule has 0 aliphatic rings. The predicted molar refractivity (Wildman–Crippen MR) is 97.3 cm³/mol. The van der Waals surface area contributed by atoms with Gasteiger partial charge in [0.15, 0.2) is 0 Å². The molecule has 4 heteroatoms. The van der Waals surface area contributed by atoms with Crippen molar-refractivity contribution in [1.29, 1.82) is 0 Å². The number of rotatable bonds is 8. The van der Waals surface area contributed by atoms with Crippen molar-refractivity contribution in [2.24, 2.45) is 0 Å². The molecular weight excluding hydrogens is 326 g/mol. The molecule has 1 N–H and O–H groups in total. The summed E-state index contributed by atoms with van der Waals surface area (Å²) in [4.78, 5) is 4.69. The van der Waals surface area contributed by atoms with Crippen molar-refractivity contribution in [1.82, 2.24) is 10.2 Å². The normalized spacial score (nSPS) is 14.3. The zero-order valence-corrected chi connectivity index (χ0v) is 15.9. The minimum Gasteiger partial charge on any atom is -0.368 e. The highest BCUT2D eigenvalue weighted by molar-refractivity contribution is 9.10. The highest BCUT2D eigenvalue weighted by Crippen LogP contribution is 2.29. The molecule has 0 saturated carbocycles. The average Bonchev–Trinajstić information content (AvgIpc) is 2.38. The summed E-state index contributed by atoms with van der Waals surface area (Å²) in [6.45, 7) is 11.9. The minimum absolute atomic E-state index is 0.368. The second kappa shape index (κ2) is 8.76. The van der Waals surface area contributed by atoms with Crippen molar-refractivity contribution < 1.29 is 0 Å². The van der Waals surface area contributed by atoms with E-state index >= 15 is 0 Å². The predicted octanol–water partition coefficient (Wildman–Crippen LogP) is 3.90. The van der Waals surface area contributed by atoms with Gasteiger partial charge in [0, 0.05) is 35.3 Å². The van der Waals surface area contributed by atoms with Crippen LogP contribution in [0.4, 0.5) is 5.69 Å². The Morgan fingerprint density at radius 1 is 1.19 bits per heavy atom. The van der Waals surface area contributed by atoms with Crippen LogP contribution in [0.2, 0.25) is 0 Å². The van der Waals surface area contributed by atoms with Crippen molar-refractivity contribution in [3.05, 3.63) is 28.2 Å². The third kappa shape index (κ3) is 5.28. The topological polar surface area (TPSA) is 18.5 Å². The molecule has 0 aliphatic heterocycles. The number of hydrogen-bond acceptors (Lipinski definition) is 3. The first-order valence-corrected chi connectivity index (χ1v) is 8.64. The van der Waals surface area contributed by atoms with Crippen molar-refractivity contribution in [3.63, 3.8) is 0 Å². The summed E-state index contributed by atoms with van der Waals surface area (Å²) in [5, 5.41) is 3.46. The van der Waals surface area contributed by atoms with E-state index in [0.717, 1.165) is 19.6 Å². The van der Waals surface area contributed by atoms with E-state index in [4.69, 9.17) is 0 Å². The molecule has 0 bridgehead atoms. The number of likely N-dealkylation sites (N-methyl/N-ethyl adjacent to an activating group) is 2. The molecule has 1 rings (SSSR count). The van der Waals surface area contributed by atoms with Gasteiger partial charge in [-0.1, -0.05) is 28.9 Å². The smallest absolute Gasteiger partial charge is 0.0388 e. The lowest BCUT2D eigenvalue weighted by atomic mass is 10.1. The lowest BCUT2D eigenvalue weighted by Crippen LogP contribution is -2.40. The number of halogens is 1. The summed E-state index contributed by atoms with van der Waals surface area (Å²) in [7, 11) is 4.25. The van der Waals surface area contributed by atoms with Gasteiger partial charge in [-0.2, -0.15) is 0 Å². The van der Waals surface area contributed by atoms with Gasteiger partial charge < -0.3 is 15.1 Å². The zero-order chi connectivity index (χ0) is 16.0. The maximum atomic E-state index is 3.74. The van der Waals surface area contributed by atoms with Gasteiger partial charge in [-0.25, -0.2) is 0 Å². The summed E-state index contributed by atoms with van der Waals surface area (Å²) >= 11 is 3.74. The molecule has 21 heavy (non-hydrogen) atoms. The van der Waals surface area contributed by atoms with Gasteiger partial charge in [0.05, 0.1) is 0 Å². The number of benzene rings is 1. The molecule has 0 amide bonds. The highest BCUT2D eigenvalue weighted by Gasteiger charge is 2.16. The van der Waals surface area contributed by atoms with Crippen molar-refractivity contribution in [3.8, 4) is 0 Å². The number of hydrogen-bond donors (Lipinski definition) is 1. The lowest BCUT2D eigenvalue weighted by molar-refractivity contribution is 0.373. The molecular formula is C17H30BrN3. The molecule has 0 aromatic heterocycles. The molecule has 2 atom stereocenters. The number of anilines is 1. The molecule has 0 radical (unpaired) electrons. The third-order valence-electron chi connectivity index (χ3n) is 3.79. The van der Waals surface area contributed by atoms with Crippen LogP contribution in [0.5, 0.6) is 0 Å². The van der Waals surface area contributed by atoms with E-state index in [-0.39, 0.29) is 0 Å². The van der Waals surface area contributed by atoms with Crippen LogP contribution in [-0.2, 0) is 0 Å². The number of nitrogens with zero attached hydrogens (tertiary/aromatic N) is 2. The standard InChI is InChI=1S/C17H30BrN3/c1-7-19-14(4)16-10-9-15(11-17(16)18)21(8-2)13(3)12-20(5)6/h9-11,13-14,19H,7-8,12H2,1-6H3. The molecule has 0 heterocycles. The molecule has 0 saturated heterocycles. The van der Waals surface area contributed by atoms with Gasteiger partial charge >= 0.3 is 0 Å². The largest absolute Gasteiger partial charge is 0.368 e. The Balaban J connectivity index is 2.94. The first-order chi connectivity index (χ1) is 9.90. The van der Waals surface area contributed by atoms with E-state index in [1.165, 1.54) is 15.7 Å². The molecule has 3 nitrogen and oxygen atoms in total. The Hall–Kier alpha value is -0.580. The fourth-order valence-corrected chi connectivity index (χ4v) is 3.55. The summed E-state index contributed by atoms with van der Waals surface area (Å²) < 4.78 is 1.18. The van der Waals surface area contributed by atoms with Crippen LogP contribution < -0.4 is 10.2 Å². The van der Waals surface area contributed by atoms with E-state index in [1.54, 1.807) is 0 Å². The van der Waals surface area contributed by atoms with Gasteiger partial charge in [-0.15, -0.1) is 0 Å². The summed E-state index contributed by atoms with van der Waals surface area (Å²) in [5.74, 6) is 0. The van der Waals surface area contributed by atoms with Gasteiger partial charge in [-0.05, 0) is 59.1 Å². The van der Waals surface area contributed by atoms with E-state index in [0.29, 0.717) is 12.1 Å². The highest BCUT2D eigenvalue weighted by atomic mass is 79.9. The SMILES string of the molecule is CCNC(C)c1ccc(N(CC)C(C)CN(C)C)cc1Br. The fraction of sp³-hybridized carbons (Fsp3) is 0.647. The van der Waals surface area contributed by atoms with Crippen molar-refractivity contribution >= 4 is 21.6 Å². The van der Waals surface area contributed by atoms with Crippen LogP contribution in [0.25, 0.3) is 0 Å². The molecule has 0 aliphatic carbocycles. The maximum absolute atomic E-state index is 3.74. The minimum atomic E-state index is 0.368. The second-order valence-electron chi connectivity index (χ2n) is 5.88. The van der Waals surface area contributed by atoms with Crippen LogP contribution in [-0.4, -0.2) is 44.7 Å². The van der Waals surface area contributed by atoms with Crippen molar-refractivity contribution in [2.45, 2.75) is 39.8 Å². The molecule has 2 unspecified atom stereocenters. The van der Waals surface area contributed by atoms with Gasteiger partial charge in [0.25, 0.3) is 0 Å². The van der Waals surface area contributed by atoms with Gasteiger partial charge in [0.1, 0.15) is 0 Å². The number of nitrogens with one attached hydrogen (secondary N) is 1. The maximum Gasteiger partial charge on any atom is 0.0388 e. The van der Waals surface area contributed by atoms with E-state index in [9.17, 15) is 0 Å². The van der Waals surface area contributed by atoms with Crippen LogP contribution in [0, 0.1) is 0 Å². The van der Waals surface area contributed by atoms with E-state index < -0.39 is 0 Å². The molecule has 0 spiro atoms. The Labute approximate surface area is 138 Å². The lowest BCUT2D eigenvalue weighted by Gasteiger charge is -2.32. The first-order valence-electron chi connectivity index (χ1n) is 7.84. The van der Waals surface area contributed by atoms with Gasteiger partial charge in [0.2, 0.25) is 0 Å². The van der Waals surface area contributed by atoms with Crippen LogP contribution in [0.3, 0.4) is 0 Å². The summed E-state index contributed by atoms with van der Waals surface area (Å²) in [6.07, 6.45) is 0. The van der Waals surface area contributed by atoms with Crippen LogP contribution >= 0.6 is 15.9 Å². The monoisotopic (exact) mass is 355 g/mol. The summed E-state index contributed by atoms with van der Waals surface area (Å²) in [5.41, 5.74) is 2.60. The van der Waals surface area contributed by atoms with Crippen molar-refractivity contribution in [2.75, 3.05) is 38.6 Å². The van der Waals surface area contributed by atoms with Gasteiger partial charge in [-0.3, -0.25) is 0 Å². The average molecular weight is 356 g/mol. The summed E-state index contributed by atoms with van der Waals surface area (Å²) in [6, 6.07) is 7.59. The quantitative estimate of drug-likeness (QED) is 0.762. The van der Waals surface area contributed by atoms with Crippen LogP contribution in [0.1, 0.15) is 39.3 Å². The zero-order valence-electron chi connectivity index (χ0n) is 14.3.